The van der Waals surface area contributed by atoms with Gasteiger partial charge in [0.15, 0.2) is 0 Å². The Morgan fingerprint density at radius 2 is 0.435 bits per heavy atom. The highest BCUT2D eigenvalue weighted by Gasteiger charge is 2.53. The average Bonchev–Trinajstić information content (AvgIpc) is 1.51. The van der Waals surface area contributed by atoms with Crippen molar-refractivity contribution >= 4 is 87.2 Å². The summed E-state index contributed by atoms with van der Waals surface area (Å²) >= 11 is 0. The molecule has 4 aliphatic carbocycles. The fourth-order valence-corrected chi connectivity index (χ4v) is 23.6. The third-order valence-corrected chi connectivity index (χ3v) is 29.5. The maximum absolute atomic E-state index is 2.41. The van der Waals surface area contributed by atoms with Gasteiger partial charge in [-0.3, -0.25) is 0 Å². The second-order valence-electron chi connectivity index (χ2n) is 38.5. The van der Waals surface area contributed by atoms with Gasteiger partial charge >= 0.3 is 0 Å². The van der Waals surface area contributed by atoms with E-state index in [9.17, 15) is 0 Å². The smallest absolute Gasteiger partial charge is 0.0725 e. The highest BCUT2D eigenvalue weighted by atomic mass is 15.0. The Hall–Kier alpha value is -16.4. The molecule has 0 saturated heterocycles. The predicted molar refractivity (Wildman–Crippen MR) is 585 cm³/mol. The number of hydrogen-bond acceptors (Lipinski definition) is 0. The van der Waals surface area contributed by atoms with Crippen LogP contribution in [0.4, 0.5) is 0 Å². The van der Waals surface area contributed by atoms with Gasteiger partial charge in [0.05, 0.1) is 55.0 Å². The maximum Gasteiger partial charge on any atom is 0.0725 e. The van der Waals surface area contributed by atoms with Gasteiger partial charge in [-0.15, -0.1) is 0 Å². The molecule has 4 heteroatoms. The summed E-state index contributed by atoms with van der Waals surface area (Å²) in [6, 6.07) is 159. The van der Waals surface area contributed by atoms with E-state index in [2.05, 4.69) is 538 Å². The van der Waals surface area contributed by atoms with Crippen LogP contribution in [0.15, 0.2) is 437 Å². The molecule has 20 aromatic carbocycles. The van der Waals surface area contributed by atoms with E-state index in [0.29, 0.717) is 0 Å². The number of fused-ring (bicyclic) bond motifs is 32. The van der Waals surface area contributed by atoms with Crippen molar-refractivity contribution in [1.82, 2.24) is 18.3 Å². The molecular weight excluding hydrogens is 1670 g/mol. The van der Waals surface area contributed by atoms with Crippen LogP contribution in [-0.2, 0) is 10.8 Å². The molecule has 4 heterocycles. The summed E-state index contributed by atoms with van der Waals surface area (Å²) in [6.07, 6.45) is 0. The van der Waals surface area contributed by atoms with Gasteiger partial charge in [0.25, 0.3) is 0 Å². The van der Waals surface area contributed by atoms with E-state index in [-0.39, 0.29) is 10.8 Å². The van der Waals surface area contributed by atoms with E-state index in [1.165, 1.54) is 266 Å². The number of nitrogens with zero attached hydrogens (tertiary/aromatic N) is 4. The Labute approximate surface area is 809 Å². The van der Waals surface area contributed by atoms with Gasteiger partial charge in [-0.25, -0.2) is 0 Å². The van der Waals surface area contributed by atoms with Gasteiger partial charge in [-0.2, -0.15) is 0 Å². The Kier molecular flexibility index (Phi) is 21.4. The molecule has 0 bridgehead atoms. The zero-order valence-electron chi connectivity index (χ0n) is 80.4. The molecule has 2 spiro atoms. The number of hydrogen-bond donors (Lipinski definition) is 0. The second-order valence-corrected chi connectivity index (χ2v) is 38.5. The highest BCUT2D eigenvalue weighted by molar-refractivity contribution is 6.14. The number of aromatic nitrogens is 4. The SMILES string of the molecule is Cc1ccc2c(c1)C1(c3ccccc3-c3ccccc31)c1cc(C)ccc1-2.Cc1ccc2c(c1)C1(c3ccccc3-c3ccccc31)c1cccc(C)c1-2.Cc1ccc2c(c1)c1cc(C)ccc1n2-c1ccccc1.Cc1ccc2c3ccc(C)cc3n(-c3ccccc3)c2c1.Cc1ccc2c3cccc(C)c3n(-c3ccccc3)c2c1.Cc1cccc2c1c1cccc(C)c1n2-c1ccccc1. The van der Waals surface area contributed by atoms with Crippen molar-refractivity contribution in [1.29, 1.82) is 0 Å². The molecule has 0 amide bonds. The average molecular weight is 1770 g/mol. The monoisotopic (exact) mass is 1770 g/mol. The first-order valence-electron chi connectivity index (χ1n) is 48.5. The standard InChI is InChI=1S/2C27H20.4C20H17N/c1-17-14-15-21-25(16-17)27(24-13-7-8-18(2)26(21)24)22-11-5-3-9-19(22)20-10-4-6-12-23(20)27;1-17-11-13-21-22-14-12-18(2)16-26(22)27(25(21)15-17)23-9-5-3-7-19(23)20-8-4-6-10-24(20)27;1-14-8-7-13-18-19(14)17-12-6-9-15(2)20(17)21(18)16-10-4-3-5-11-16;1-14-11-12-17-18-10-6-7-15(2)20(18)21(19(17)13-14)16-8-4-3-5-9-16;1-14-8-10-19-17(12-14)18-13-15(2)9-11-20(18)21(19)16-6-4-3-5-7-16;1-14-8-10-17-18-11-9-15(2)13-20(18)21(19(17)12-14)16-6-4-3-5-7-16/h2*3-16H,1-2H3;4*3-13H,1-2H3. The van der Waals surface area contributed by atoms with Crippen LogP contribution in [0.1, 0.15) is 111 Å². The molecule has 0 aliphatic heterocycles. The molecule has 0 saturated carbocycles. The Morgan fingerprint density at radius 1 is 0.152 bits per heavy atom. The van der Waals surface area contributed by atoms with Gasteiger partial charge < -0.3 is 18.3 Å². The molecule has 4 nitrogen and oxygen atoms in total. The zero-order chi connectivity index (χ0) is 93.9. The second kappa shape index (κ2) is 34.5. The molecule has 24 aromatic rings. The van der Waals surface area contributed by atoms with Crippen molar-refractivity contribution in [2.45, 2.75) is 93.9 Å². The lowest BCUT2D eigenvalue weighted by Crippen LogP contribution is -2.26. The van der Waals surface area contributed by atoms with Crippen LogP contribution >= 0.6 is 0 Å². The fraction of sp³-hybridized carbons (Fsp3) is 0.104. The van der Waals surface area contributed by atoms with Crippen LogP contribution in [0.5, 0.6) is 0 Å². The van der Waals surface area contributed by atoms with Crippen LogP contribution in [0.3, 0.4) is 0 Å². The minimum atomic E-state index is -0.199. The van der Waals surface area contributed by atoms with Gasteiger partial charge in [0.1, 0.15) is 0 Å². The summed E-state index contributed by atoms with van der Waals surface area (Å²) in [5, 5.41) is 10.7. The topological polar surface area (TPSA) is 19.7 Å². The number of rotatable bonds is 4. The van der Waals surface area contributed by atoms with Crippen molar-refractivity contribution in [2.75, 3.05) is 0 Å². The summed E-state index contributed by atoms with van der Waals surface area (Å²) in [6.45, 7) is 26.2. The summed E-state index contributed by atoms with van der Waals surface area (Å²) in [5.41, 5.74) is 53.0. The minimum absolute atomic E-state index is 0.199. The molecule has 0 N–H and O–H groups in total. The van der Waals surface area contributed by atoms with Crippen molar-refractivity contribution in [3.63, 3.8) is 0 Å². The van der Waals surface area contributed by atoms with Crippen LogP contribution in [-0.4, -0.2) is 18.3 Å². The lowest BCUT2D eigenvalue weighted by atomic mass is 9.70. The van der Waals surface area contributed by atoms with Gasteiger partial charge in [0.2, 0.25) is 0 Å². The summed E-state index contributed by atoms with van der Waals surface area (Å²) in [4.78, 5) is 0. The first-order chi connectivity index (χ1) is 67.4. The largest absolute Gasteiger partial charge is 0.309 e. The zero-order valence-corrected chi connectivity index (χ0v) is 80.4. The maximum atomic E-state index is 2.41. The fourth-order valence-electron chi connectivity index (χ4n) is 23.6. The molecule has 138 heavy (non-hydrogen) atoms. The predicted octanol–water partition coefficient (Wildman–Crippen LogP) is 34.9. The van der Waals surface area contributed by atoms with Crippen molar-refractivity contribution in [3.8, 4) is 67.3 Å². The molecule has 0 fully saturated rings. The lowest BCUT2D eigenvalue weighted by molar-refractivity contribution is 0.791. The third kappa shape index (κ3) is 13.9. The van der Waals surface area contributed by atoms with E-state index in [4.69, 9.17) is 0 Å². The third-order valence-electron chi connectivity index (χ3n) is 29.5. The first-order valence-corrected chi connectivity index (χ1v) is 48.5. The van der Waals surface area contributed by atoms with E-state index in [1.54, 1.807) is 0 Å². The molecule has 4 aromatic heterocycles. The molecule has 0 radical (unpaired) electrons. The van der Waals surface area contributed by atoms with Gasteiger partial charge in [-0.1, -0.05) is 368 Å². The van der Waals surface area contributed by atoms with Gasteiger partial charge in [-0.05, 0) is 308 Å². The summed E-state index contributed by atoms with van der Waals surface area (Å²) in [5.74, 6) is 0. The Bertz CT molecular complexity index is 8560. The highest BCUT2D eigenvalue weighted by Crippen LogP contribution is 2.65. The van der Waals surface area contributed by atoms with E-state index < -0.39 is 0 Å². The Morgan fingerprint density at radius 3 is 0.877 bits per heavy atom. The van der Waals surface area contributed by atoms with Crippen molar-refractivity contribution < 1.29 is 0 Å². The molecular formula is C134H108N4. The normalized spacial score (nSPS) is 12.6. The molecule has 0 atom stereocenters. The van der Waals surface area contributed by atoms with E-state index >= 15 is 0 Å². The van der Waals surface area contributed by atoms with Crippen molar-refractivity contribution in [2.24, 2.45) is 0 Å². The molecule has 28 rings (SSSR count). The van der Waals surface area contributed by atoms with Crippen LogP contribution in [0.2, 0.25) is 0 Å². The lowest BCUT2D eigenvalue weighted by Gasteiger charge is -2.30. The summed E-state index contributed by atoms with van der Waals surface area (Å²) < 4.78 is 9.48. The molecule has 0 unspecified atom stereocenters. The quantitative estimate of drug-likeness (QED) is 0.167. The minimum Gasteiger partial charge on any atom is -0.309 e. The van der Waals surface area contributed by atoms with Crippen LogP contribution < -0.4 is 0 Å². The molecule has 664 valence electrons. The van der Waals surface area contributed by atoms with Gasteiger partial charge in [0, 0.05) is 65.8 Å². The van der Waals surface area contributed by atoms with Crippen molar-refractivity contribution in [3.05, 3.63) is 548 Å². The van der Waals surface area contributed by atoms with Crippen LogP contribution in [0, 0.1) is 83.1 Å². The van der Waals surface area contributed by atoms with E-state index in [0.717, 1.165) is 0 Å². The number of aryl methyl sites for hydroxylation is 12. The molecule has 4 aliphatic rings. The number of benzene rings is 20. The summed E-state index contributed by atoms with van der Waals surface area (Å²) in [7, 11) is 0. The number of para-hydroxylation sites is 6. The first kappa shape index (κ1) is 85.8. The van der Waals surface area contributed by atoms with E-state index in [1.807, 2.05) is 0 Å². The Balaban J connectivity index is 0.0000000931. The van der Waals surface area contributed by atoms with Crippen LogP contribution in [0.25, 0.3) is 154 Å².